The van der Waals surface area contributed by atoms with Crippen LogP contribution in [-0.2, 0) is 14.3 Å². The van der Waals surface area contributed by atoms with Crippen LogP contribution in [0.1, 0.15) is 24.1 Å². The highest BCUT2D eigenvalue weighted by atomic mass is 16.6. The van der Waals surface area contributed by atoms with Gasteiger partial charge in [-0.05, 0) is 31.5 Å². The second-order valence-electron chi connectivity index (χ2n) is 6.25. The van der Waals surface area contributed by atoms with Crippen molar-refractivity contribution in [2.45, 2.75) is 19.9 Å². The molecule has 0 fully saturated rings. The number of nitrogens with zero attached hydrogens (tertiary/aromatic N) is 2. The Hall–Kier alpha value is -3.68. The summed E-state index contributed by atoms with van der Waals surface area (Å²) in [5.41, 5.74) is 1.29. The fraction of sp³-hybridized carbons (Fsp3) is 0.200. The minimum Gasteiger partial charge on any atom is -0.503 e. The summed E-state index contributed by atoms with van der Waals surface area (Å²) in [6.07, 6.45) is 0. The second-order valence-corrected chi connectivity index (χ2v) is 6.25. The monoisotopic (exact) mass is 382 g/mol. The summed E-state index contributed by atoms with van der Waals surface area (Å²) >= 11 is 0. The average Bonchev–Trinajstić information content (AvgIpc) is 2.94. The Bertz CT molecular complexity index is 980. The first-order valence-corrected chi connectivity index (χ1v) is 8.60. The first-order chi connectivity index (χ1) is 13.3. The number of nitro groups is 1. The zero-order valence-electron chi connectivity index (χ0n) is 15.3. The van der Waals surface area contributed by atoms with Crippen molar-refractivity contribution in [2.24, 2.45) is 0 Å². The van der Waals surface area contributed by atoms with Crippen LogP contribution in [0.25, 0.3) is 0 Å². The van der Waals surface area contributed by atoms with E-state index in [9.17, 15) is 24.8 Å². The van der Waals surface area contributed by atoms with Crippen molar-refractivity contribution >= 4 is 23.3 Å². The standard InChI is InChI=1S/C20H18N2O6/c1-3-28-20(25)16-17(13-5-4-6-15(11-13)22(26)27)21(19(24)18(16)23)14-9-7-12(2)8-10-14/h4-11,17,23H,3H2,1-2H3/t17-/m1/s1. The maximum Gasteiger partial charge on any atom is 0.340 e. The molecule has 0 aliphatic carbocycles. The van der Waals surface area contributed by atoms with Crippen molar-refractivity contribution in [3.05, 3.63) is 81.1 Å². The highest BCUT2D eigenvalue weighted by molar-refractivity contribution is 6.15. The zero-order chi connectivity index (χ0) is 20.4. The maximum absolute atomic E-state index is 12.8. The number of rotatable bonds is 5. The number of benzene rings is 2. The number of amides is 1. The molecule has 0 saturated carbocycles. The van der Waals surface area contributed by atoms with Crippen LogP contribution in [0.15, 0.2) is 59.9 Å². The highest BCUT2D eigenvalue weighted by Gasteiger charge is 2.45. The van der Waals surface area contributed by atoms with E-state index in [4.69, 9.17) is 4.74 Å². The Balaban J connectivity index is 2.18. The Morgan fingerprint density at radius 2 is 1.93 bits per heavy atom. The summed E-state index contributed by atoms with van der Waals surface area (Å²) in [4.78, 5) is 37.1. The second kappa shape index (κ2) is 7.51. The van der Waals surface area contributed by atoms with E-state index in [1.54, 1.807) is 37.3 Å². The Morgan fingerprint density at radius 1 is 1.25 bits per heavy atom. The summed E-state index contributed by atoms with van der Waals surface area (Å²) in [6.45, 7) is 3.54. The van der Waals surface area contributed by atoms with Gasteiger partial charge in [0.1, 0.15) is 5.57 Å². The lowest BCUT2D eigenvalue weighted by molar-refractivity contribution is -0.384. The van der Waals surface area contributed by atoms with E-state index in [1.165, 1.54) is 23.1 Å². The van der Waals surface area contributed by atoms with Crippen LogP contribution in [0.3, 0.4) is 0 Å². The molecular weight excluding hydrogens is 364 g/mol. The van der Waals surface area contributed by atoms with E-state index >= 15 is 0 Å². The van der Waals surface area contributed by atoms with Crippen LogP contribution in [0.2, 0.25) is 0 Å². The number of anilines is 1. The van der Waals surface area contributed by atoms with Crippen molar-refractivity contribution in [1.82, 2.24) is 0 Å². The van der Waals surface area contributed by atoms with Crippen molar-refractivity contribution < 1.29 is 24.4 Å². The predicted molar refractivity (Wildman–Crippen MR) is 101 cm³/mol. The molecule has 144 valence electrons. The van der Waals surface area contributed by atoms with Gasteiger partial charge in [0.05, 0.1) is 17.6 Å². The number of esters is 1. The number of aryl methyl sites for hydroxylation is 1. The third kappa shape index (κ3) is 3.32. The molecule has 0 radical (unpaired) electrons. The third-order valence-electron chi connectivity index (χ3n) is 4.41. The smallest absolute Gasteiger partial charge is 0.340 e. The van der Waals surface area contributed by atoms with Crippen LogP contribution >= 0.6 is 0 Å². The molecule has 1 aliphatic heterocycles. The number of ether oxygens (including phenoxy) is 1. The number of hydrogen-bond donors (Lipinski definition) is 1. The van der Waals surface area contributed by atoms with Gasteiger partial charge in [-0.3, -0.25) is 19.8 Å². The summed E-state index contributed by atoms with van der Waals surface area (Å²) in [5.74, 6) is -2.35. The molecule has 2 aromatic rings. The van der Waals surface area contributed by atoms with Crippen LogP contribution in [0, 0.1) is 17.0 Å². The van der Waals surface area contributed by atoms with Crippen LogP contribution < -0.4 is 4.90 Å². The molecule has 1 aliphatic rings. The van der Waals surface area contributed by atoms with Crippen LogP contribution in [-0.4, -0.2) is 28.5 Å². The lowest BCUT2D eigenvalue weighted by atomic mass is 9.98. The first-order valence-electron chi connectivity index (χ1n) is 8.60. The maximum atomic E-state index is 12.8. The largest absolute Gasteiger partial charge is 0.503 e. The van der Waals surface area contributed by atoms with Gasteiger partial charge in [0.2, 0.25) is 0 Å². The lowest BCUT2D eigenvalue weighted by Crippen LogP contribution is -2.31. The molecule has 2 aromatic carbocycles. The van der Waals surface area contributed by atoms with Crippen LogP contribution in [0.5, 0.6) is 0 Å². The Morgan fingerprint density at radius 3 is 2.54 bits per heavy atom. The highest BCUT2D eigenvalue weighted by Crippen LogP contribution is 2.41. The van der Waals surface area contributed by atoms with Crippen LogP contribution in [0.4, 0.5) is 11.4 Å². The molecule has 1 atom stereocenters. The molecule has 1 N–H and O–H groups in total. The van der Waals surface area contributed by atoms with Gasteiger partial charge < -0.3 is 9.84 Å². The van der Waals surface area contributed by atoms with Gasteiger partial charge in [0, 0.05) is 17.8 Å². The molecule has 3 rings (SSSR count). The number of carbonyl (C=O) groups is 2. The van der Waals surface area contributed by atoms with Gasteiger partial charge in [-0.2, -0.15) is 0 Å². The summed E-state index contributed by atoms with van der Waals surface area (Å²) in [5, 5.41) is 21.6. The fourth-order valence-corrected chi connectivity index (χ4v) is 3.12. The molecule has 8 heteroatoms. The van der Waals surface area contributed by atoms with Crippen molar-refractivity contribution in [3.63, 3.8) is 0 Å². The van der Waals surface area contributed by atoms with E-state index in [0.717, 1.165) is 5.56 Å². The molecule has 0 spiro atoms. The first kappa shape index (κ1) is 19.1. The minimum atomic E-state index is -1.05. The van der Waals surface area contributed by atoms with Gasteiger partial charge >= 0.3 is 5.97 Å². The van der Waals surface area contributed by atoms with E-state index in [2.05, 4.69) is 0 Å². The van der Waals surface area contributed by atoms with E-state index in [0.29, 0.717) is 11.3 Å². The number of nitro benzene ring substituents is 1. The molecule has 1 heterocycles. The summed E-state index contributed by atoms with van der Waals surface area (Å²) in [6, 6.07) is 11.5. The van der Waals surface area contributed by atoms with Gasteiger partial charge in [-0.15, -0.1) is 0 Å². The van der Waals surface area contributed by atoms with Crippen molar-refractivity contribution in [3.8, 4) is 0 Å². The molecule has 0 aromatic heterocycles. The van der Waals surface area contributed by atoms with Gasteiger partial charge in [-0.25, -0.2) is 4.79 Å². The number of non-ortho nitro benzene ring substituents is 1. The molecule has 0 unspecified atom stereocenters. The topological polar surface area (TPSA) is 110 Å². The Labute approximate surface area is 160 Å². The van der Waals surface area contributed by atoms with Crippen molar-refractivity contribution in [2.75, 3.05) is 11.5 Å². The third-order valence-corrected chi connectivity index (χ3v) is 4.41. The number of aliphatic hydroxyl groups excluding tert-OH is 1. The molecule has 1 amide bonds. The number of hydrogen-bond acceptors (Lipinski definition) is 6. The van der Waals surface area contributed by atoms with E-state index < -0.39 is 28.6 Å². The summed E-state index contributed by atoms with van der Waals surface area (Å²) in [7, 11) is 0. The molecular formula is C20H18N2O6. The molecule has 0 bridgehead atoms. The van der Waals surface area contributed by atoms with E-state index in [1.807, 2.05) is 6.92 Å². The van der Waals surface area contributed by atoms with Gasteiger partial charge in [0.25, 0.3) is 11.6 Å². The normalized spacial score (nSPS) is 16.4. The lowest BCUT2D eigenvalue weighted by Gasteiger charge is -2.26. The zero-order valence-corrected chi connectivity index (χ0v) is 15.3. The summed E-state index contributed by atoms with van der Waals surface area (Å²) < 4.78 is 5.01. The Kier molecular flexibility index (Phi) is 5.12. The molecule has 28 heavy (non-hydrogen) atoms. The average molecular weight is 382 g/mol. The molecule has 8 nitrogen and oxygen atoms in total. The quantitative estimate of drug-likeness (QED) is 0.482. The minimum absolute atomic E-state index is 0.0516. The van der Waals surface area contributed by atoms with Gasteiger partial charge in [0.15, 0.2) is 5.76 Å². The number of aliphatic hydroxyl groups is 1. The number of carbonyl (C=O) groups excluding carboxylic acids is 2. The van der Waals surface area contributed by atoms with E-state index in [-0.39, 0.29) is 17.9 Å². The predicted octanol–water partition coefficient (Wildman–Crippen LogP) is 3.37. The molecule has 0 saturated heterocycles. The van der Waals surface area contributed by atoms with Crippen molar-refractivity contribution in [1.29, 1.82) is 0 Å². The fourth-order valence-electron chi connectivity index (χ4n) is 3.12. The SMILES string of the molecule is CCOC(=O)C1=C(O)C(=O)N(c2ccc(C)cc2)[C@@H]1c1cccc([N+](=O)[O-])c1. The van der Waals surface area contributed by atoms with Gasteiger partial charge in [-0.1, -0.05) is 29.8 Å².